The molecule has 1 aromatic carbocycles. The lowest BCUT2D eigenvalue weighted by molar-refractivity contribution is 0.446. The predicted molar refractivity (Wildman–Crippen MR) is 102 cm³/mol. The Morgan fingerprint density at radius 1 is 1.21 bits per heavy atom. The number of nitrogens with one attached hydrogen (secondary N) is 1. The molecule has 1 unspecified atom stereocenters. The molecule has 3 rings (SSSR count). The lowest BCUT2D eigenvalue weighted by Crippen LogP contribution is -2.39. The summed E-state index contributed by atoms with van der Waals surface area (Å²) in [7, 11) is 0. The highest BCUT2D eigenvalue weighted by molar-refractivity contribution is 6.30. The molecule has 0 spiro atoms. The summed E-state index contributed by atoms with van der Waals surface area (Å²) in [6.45, 7) is 7.39. The molecule has 1 fully saturated rings. The molecule has 0 amide bonds. The van der Waals surface area contributed by atoms with Gasteiger partial charge in [0.2, 0.25) is 5.95 Å². The average molecular weight is 345 g/mol. The molecule has 1 aromatic heterocycles. The maximum absolute atomic E-state index is 6.04. The highest BCUT2D eigenvalue weighted by Gasteiger charge is 2.22. The fourth-order valence-corrected chi connectivity index (χ4v) is 3.60. The quantitative estimate of drug-likeness (QED) is 0.821. The number of benzene rings is 1. The van der Waals surface area contributed by atoms with E-state index in [-0.39, 0.29) is 0 Å². The molecule has 0 radical (unpaired) electrons. The zero-order valence-electron chi connectivity index (χ0n) is 14.6. The summed E-state index contributed by atoms with van der Waals surface area (Å²) < 4.78 is 0. The van der Waals surface area contributed by atoms with E-state index in [0.717, 1.165) is 40.8 Å². The Morgan fingerprint density at radius 2 is 2.04 bits per heavy atom. The molecule has 2 heterocycles. The van der Waals surface area contributed by atoms with Gasteiger partial charge < -0.3 is 10.2 Å². The van der Waals surface area contributed by atoms with E-state index in [1.807, 2.05) is 32.0 Å². The van der Waals surface area contributed by atoms with E-state index in [1.54, 1.807) is 0 Å². The highest BCUT2D eigenvalue weighted by Crippen LogP contribution is 2.27. The van der Waals surface area contributed by atoms with Crippen molar-refractivity contribution in [2.75, 3.05) is 16.8 Å². The zero-order chi connectivity index (χ0) is 17.1. The van der Waals surface area contributed by atoms with Crippen molar-refractivity contribution in [3.8, 4) is 0 Å². The van der Waals surface area contributed by atoms with Crippen LogP contribution in [0, 0.1) is 13.8 Å². The Kier molecular flexibility index (Phi) is 5.24. The standard InChI is InChI=1S/C19H25ClN4/c1-4-16-7-5-6-10-24(16)18-12-14(3)21-19(23-18)22-17-9-8-15(20)11-13(17)2/h8-9,11-12,16H,4-7,10H2,1-3H3,(H,21,22,23). The Bertz CT molecular complexity index is 717. The van der Waals surface area contributed by atoms with Crippen LogP contribution in [0.2, 0.25) is 5.02 Å². The summed E-state index contributed by atoms with van der Waals surface area (Å²) in [6, 6.07) is 8.47. The molecule has 128 valence electrons. The fraction of sp³-hybridized carbons (Fsp3) is 0.474. The number of halogens is 1. The van der Waals surface area contributed by atoms with Crippen LogP contribution < -0.4 is 10.2 Å². The second kappa shape index (κ2) is 7.39. The van der Waals surface area contributed by atoms with Crippen LogP contribution in [0.25, 0.3) is 0 Å². The average Bonchev–Trinajstić information content (AvgIpc) is 2.57. The van der Waals surface area contributed by atoms with Crippen LogP contribution in [0.15, 0.2) is 24.3 Å². The van der Waals surface area contributed by atoms with Gasteiger partial charge in [0.05, 0.1) is 0 Å². The van der Waals surface area contributed by atoms with Crippen LogP contribution in [0.5, 0.6) is 0 Å². The first-order valence-corrected chi connectivity index (χ1v) is 9.10. The molecule has 1 aliphatic heterocycles. The third-order valence-electron chi connectivity index (χ3n) is 4.67. The van der Waals surface area contributed by atoms with Gasteiger partial charge >= 0.3 is 0 Å². The number of nitrogens with zero attached hydrogens (tertiary/aromatic N) is 3. The molecule has 0 saturated carbocycles. The molecule has 1 N–H and O–H groups in total. The first-order chi connectivity index (χ1) is 11.6. The van der Waals surface area contributed by atoms with Gasteiger partial charge in [0.1, 0.15) is 5.82 Å². The van der Waals surface area contributed by atoms with Gasteiger partial charge in [-0.05, 0) is 63.3 Å². The summed E-state index contributed by atoms with van der Waals surface area (Å²) in [6.07, 6.45) is 4.95. The van der Waals surface area contributed by atoms with E-state index in [4.69, 9.17) is 16.6 Å². The minimum absolute atomic E-state index is 0.582. The van der Waals surface area contributed by atoms with Crippen LogP contribution in [-0.4, -0.2) is 22.6 Å². The third-order valence-corrected chi connectivity index (χ3v) is 4.90. The third kappa shape index (κ3) is 3.81. The van der Waals surface area contributed by atoms with Gasteiger partial charge in [-0.15, -0.1) is 0 Å². The van der Waals surface area contributed by atoms with Gasteiger partial charge in [-0.1, -0.05) is 18.5 Å². The summed E-state index contributed by atoms with van der Waals surface area (Å²) in [4.78, 5) is 11.8. The second-order valence-corrected chi connectivity index (χ2v) is 6.96. The van der Waals surface area contributed by atoms with Crippen molar-refractivity contribution < 1.29 is 0 Å². The van der Waals surface area contributed by atoms with Crippen LogP contribution >= 0.6 is 11.6 Å². The normalized spacial score (nSPS) is 17.8. The van der Waals surface area contributed by atoms with Gasteiger partial charge in [-0.25, -0.2) is 4.98 Å². The zero-order valence-corrected chi connectivity index (χ0v) is 15.4. The number of hydrogen-bond donors (Lipinski definition) is 1. The number of rotatable bonds is 4. The monoisotopic (exact) mass is 344 g/mol. The van der Waals surface area contributed by atoms with Crippen molar-refractivity contribution in [1.82, 2.24) is 9.97 Å². The molecule has 4 nitrogen and oxygen atoms in total. The second-order valence-electron chi connectivity index (χ2n) is 6.53. The fourth-order valence-electron chi connectivity index (χ4n) is 3.37. The molecule has 1 aliphatic rings. The summed E-state index contributed by atoms with van der Waals surface area (Å²) in [5, 5.41) is 4.08. The Labute approximate surface area is 149 Å². The summed E-state index contributed by atoms with van der Waals surface area (Å²) in [5.41, 5.74) is 3.05. The molecule has 5 heteroatoms. The molecular weight excluding hydrogens is 320 g/mol. The number of anilines is 3. The van der Waals surface area contributed by atoms with E-state index < -0.39 is 0 Å². The van der Waals surface area contributed by atoms with Gasteiger partial charge in [0, 0.05) is 35.1 Å². The largest absolute Gasteiger partial charge is 0.353 e. The van der Waals surface area contributed by atoms with Crippen LogP contribution in [0.1, 0.15) is 43.9 Å². The Balaban J connectivity index is 1.88. The Hall–Kier alpha value is -1.81. The minimum atomic E-state index is 0.582. The van der Waals surface area contributed by atoms with Crippen molar-refractivity contribution in [3.05, 3.63) is 40.5 Å². The minimum Gasteiger partial charge on any atom is -0.353 e. The van der Waals surface area contributed by atoms with E-state index in [0.29, 0.717) is 12.0 Å². The van der Waals surface area contributed by atoms with E-state index in [2.05, 4.69) is 28.2 Å². The van der Waals surface area contributed by atoms with Crippen LogP contribution in [0.4, 0.5) is 17.5 Å². The number of aryl methyl sites for hydroxylation is 2. The van der Waals surface area contributed by atoms with Gasteiger partial charge in [-0.2, -0.15) is 4.98 Å². The lowest BCUT2D eigenvalue weighted by atomic mass is 10.00. The smallest absolute Gasteiger partial charge is 0.229 e. The molecule has 1 saturated heterocycles. The maximum Gasteiger partial charge on any atom is 0.229 e. The predicted octanol–water partition coefficient (Wildman–Crippen LogP) is 5.26. The van der Waals surface area contributed by atoms with Crippen LogP contribution in [-0.2, 0) is 0 Å². The van der Waals surface area contributed by atoms with E-state index >= 15 is 0 Å². The van der Waals surface area contributed by atoms with Crippen molar-refractivity contribution in [2.45, 2.75) is 52.5 Å². The number of piperidine rings is 1. The highest BCUT2D eigenvalue weighted by atomic mass is 35.5. The van der Waals surface area contributed by atoms with Gasteiger partial charge in [-0.3, -0.25) is 0 Å². The Morgan fingerprint density at radius 3 is 2.79 bits per heavy atom. The first kappa shape index (κ1) is 17.0. The topological polar surface area (TPSA) is 41.1 Å². The lowest BCUT2D eigenvalue weighted by Gasteiger charge is -2.36. The summed E-state index contributed by atoms with van der Waals surface area (Å²) >= 11 is 6.04. The van der Waals surface area contributed by atoms with Crippen molar-refractivity contribution in [3.63, 3.8) is 0 Å². The van der Waals surface area contributed by atoms with E-state index in [1.165, 1.54) is 19.3 Å². The van der Waals surface area contributed by atoms with E-state index in [9.17, 15) is 0 Å². The summed E-state index contributed by atoms with van der Waals surface area (Å²) in [5.74, 6) is 1.68. The molecule has 0 bridgehead atoms. The first-order valence-electron chi connectivity index (χ1n) is 8.72. The van der Waals surface area contributed by atoms with Crippen molar-refractivity contribution in [1.29, 1.82) is 0 Å². The molecule has 1 atom stereocenters. The molecular formula is C19H25ClN4. The van der Waals surface area contributed by atoms with Gasteiger partial charge in [0.25, 0.3) is 0 Å². The number of aromatic nitrogens is 2. The maximum atomic E-state index is 6.04. The molecule has 2 aromatic rings. The van der Waals surface area contributed by atoms with Crippen molar-refractivity contribution in [2.24, 2.45) is 0 Å². The van der Waals surface area contributed by atoms with Crippen molar-refractivity contribution >= 4 is 29.1 Å². The van der Waals surface area contributed by atoms with Crippen LogP contribution in [0.3, 0.4) is 0 Å². The molecule has 24 heavy (non-hydrogen) atoms. The molecule has 0 aliphatic carbocycles. The van der Waals surface area contributed by atoms with Gasteiger partial charge in [0.15, 0.2) is 0 Å². The SMILES string of the molecule is CCC1CCCCN1c1cc(C)nc(Nc2ccc(Cl)cc2C)n1. The number of hydrogen-bond acceptors (Lipinski definition) is 4.